The lowest BCUT2D eigenvalue weighted by Gasteiger charge is -2.30. The first-order valence-corrected chi connectivity index (χ1v) is 9.25. The minimum atomic E-state index is 0.498. The summed E-state index contributed by atoms with van der Waals surface area (Å²) in [6, 6.07) is 17.8. The van der Waals surface area contributed by atoms with Crippen LogP contribution < -0.4 is 20.3 Å². The number of benzene rings is 2. The van der Waals surface area contributed by atoms with E-state index in [1.165, 1.54) is 0 Å². The molecule has 7 heteroatoms. The van der Waals surface area contributed by atoms with Crippen molar-refractivity contribution in [3.63, 3.8) is 0 Å². The zero-order valence-electron chi connectivity index (χ0n) is 15.8. The first-order valence-electron chi connectivity index (χ1n) is 9.25. The Morgan fingerprint density at radius 1 is 0.929 bits per heavy atom. The van der Waals surface area contributed by atoms with E-state index >= 15 is 0 Å². The van der Waals surface area contributed by atoms with E-state index < -0.39 is 0 Å². The van der Waals surface area contributed by atoms with Crippen molar-refractivity contribution in [3.05, 3.63) is 60.8 Å². The van der Waals surface area contributed by atoms with Gasteiger partial charge in [0.25, 0.3) is 0 Å². The number of para-hydroxylation sites is 4. The van der Waals surface area contributed by atoms with Gasteiger partial charge in [0, 0.05) is 19.3 Å². The van der Waals surface area contributed by atoms with Gasteiger partial charge in [-0.05, 0) is 30.3 Å². The number of nitrogens with one attached hydrogen (secondary N) is 2. The Hall–Kier alpha value is -3.32. The summed E-state index contributed by atoms with van der Waals surface area (Å²) in [4.78, 5) is 11.2. The molecule has 0 spiro atoms. The normalized spacial score (nSPS) is 13.8. The lowest BCUT2D eigenvalue weighted by atomic mass is 10.2. The van der Waals surface area contributed by atoms with Crippen LogP contribution >= 0.6 is 0 Å². The molecule has 0 radical (unpaired) electrons. The van der Waals surface area contributed by atoms with Gasteiger partial charge in [-0.15, -0.1) is 0 Å². The van der Waals surface area contributed by atoms with Crippen molar-refractivity contribution < 1.29 is 9.47 Å². The van der Waals surface area contributed by atoms with Crippen LogP contribution in [0.1, 0.15) is 0 Å². The Balaban J connectivity index is 1.54. The van der Waals surface area contributed by atoms with E-state index in [2.05, 4.69) is 37.6 Å². The Labute approximate surface area is 164 Å². The number of nitrogens with zero attached hydrogens (tertiary/aromatic N) is 3. The van der Waals surface area contributed by atoms with Gasteiger partial charge in [-0.2, -0.15) is 4.98 Å². The van der Waals surface area contributed by atoms with E-state index in [9.17, 15) is 0 Å². The predicted molar refractivity (Wildman–Crippen MR) is 111 cm³/mol. The van der Waals surface area contributed by atoms with Crippen molar-refractivity contribution in [2.45, 2.75) is 0 Å². The molecule has 0 aliphatic carbocycles. The van der Waals surface area contributed by atoms with Crippen LogP contribution in [0.2, 0.25) is 0 Å². The molecule has 2 N–H and O–H groups in total. The first-order chi connectivity index (χ1) is 13.8. The van der Waals surface area contributed by atoms with Crippen LogP contribution in [-0.2, 0) is 4.74 Å². The Bertz CT molecular complexity index is 928. The van der Waals surface area contributed by atoms with Crippen molar-refractivity contribution in [2.75, 3.05) is 48.9 Å². The second kappa shape index (κ2) is 8.58. The molecular formula is C21H23N5O2. The third-order valence-corrected chi connectivity index (χ3v) is 4.53. The molecular weight excluding hydrogens is 354 g/mol. The number of morpholine rings is 1. The largest absolute Gasteiger partial charge is 0.495 e. The molecule has 3 aromatic rings. The van der Waals surface area contributed by atoms with Crippen LogP contribution in [0.15, 0.2) is 60.8 Å². The maximum atomic E-state index is 5.47. The highest BCUT2D eigenvalue weighted by Gasteiger charge is 2.15. The molecule has 2 aromatic carbocycles. The molecule has 7 nitrogen and oxygen atoms in total. The molecule has 4 rings (SSSR count). The van der Waals surface area contributed by atoms with Gasteiger partial charge < -0.3 is 25.0 Å². The van der Waals surface area contributed by atoms with Crippen molar-refractivity contribution in [3.8, 4) is 5.75 Å². The third-order valence-electron chi connectivity index (χ3n) is 4.53. The van der Waals surface area contributed by atoms with Crippen LogP contribution in [0.5, 0.6) is 5.75 Å². The minimum Gasteiger partial charge on any atom is -0.495 e. The maximum Gasteiger partial charge on any atom is 0.229 e. The number of rotatable bonds is 6. The van der Waals surface area contributed by atoms with Gasteiger partial charge in [-0.3, -0.25) is 0 Å². The lowest BCUT2D eigenvalue weighted by Crippen LogP contribution is -2.36. The van der Waals surface area contributed by atoms with Gasteiger partial charge in [0.15, 0.2) is 0 Å². The Morgan fingerprint density at radius 3 is 2.50 bits per heavy atom. The molecule has 0 saturated carbocycles. The maximum absolute atomic E-state index is 5.47. The SMILES string of the molecule is COc1ccccc1Nc1nccc(Nc2ccccc2N2CCOCC2)n1. The molecule has 0 unspecified atom stereocenters. The summed E-state index contributed by atoms with van der Waals surface area (Å²) < 4.78 is 10.8. The zero-order valence-corrected chi connectivity index (χ0v) is 15.8. The quantitative estimate of drug-likeness (QED) is 0.677. The number of hydrogen-bond acceptors (Lipinski definition) is 7. The van der Waals surface area contributed by atoms with E-state index in [-0.39, 0.29) is 0 Å². The van der Waals surface area contributed by atoms with E-state index in [1.54, 1.807) is 13.3 Å². The summed E-state index contributed by atoms with van der Waals surface area (Å²) in [5.74, 6) is 1.95. The molecule has 0 atom stereocenters. The van der Waals surface area contributed by atoms with Gasteiger partial charge in [0.05, 0.1) is 37.4 Å². The highest BCUT2D eigenvalue weighted by Crippen LogP contribution is 2.30. The highest BCUT2D eigenvalue weighted by molar-refractivity contribution is 5.74. The predicted octanol–water partition coefficient (Wildman–Crippen LogP) is 3.81. The second-order valence-corrected chi connectivity index (χ2v) is 6.33. The first kappa shape index (κ1) is 18.1. The van der Waals surface area contributed by atoms with Gasteiger partial charge in [-0.1, -0.05) is 24.3 Å². The molecule has 1 fully saturated rings. The average molecular weight is 377 g/mol. The highest BCUT2D eigenvalue weighted by atomic mass is 16.5. The van der Waals surface area contributed by atoms with Gasteiger partial charge in [0.2, 0.25) is 5.95 Å². The number of methoxy groups -OCH3 is 1. The molecule has 2 heterocycles. The summed E-state index contributed by atoms with van der Waals surface area (Å²) in [7, 11) is 1.64. The van der Waals surface area contributed by atoms with E-state index in [1.807, 2.05) is 42.5 Å². The fourth-order valence-corrected chi connectivity index (χ4v) is 3.15. The van der Waals surface area contributed by atoms with Crippen LogP contribution in [0.3, 0.4) is 0 Å². The summed E-state index contributed by atoms with van der Waals surface area (Å²) in [6.45, 7) is 3.25. The lowest BCUT2D eigenvalue weighted by molar-refractivity contribution is 0.123. The Morgan fingerprint density at radius 2 is 1.68 bits per heavy atom. The van der Waals surface area contributed by atoms with Crippen LogP contribution in [0, 0.1) is 0 Å². The molecule has 28 heavy (non-hydrogen) atoms. The van der Waals surface area contributed by atoms with Crippen molar-refractivity contribution >= 4 is 28.8 Å². The molecule has 0 bridgehead atoms. The molecule has 1 aliphatic heterocycles. The third kappa shape index (κ3) is 4.15. The number of ether oxygens (including phenoxy) is 2. The number of aromatic nitrogens is 2. The van der Waals surface area contributed by atoms with Crippen LogP contribution in [0.25, 0.3) is 0 Å². The molecule has 144 valence electrons. The summed E-state index contributed by atoms with van der Waals surface area (Å²) in [6.07, 6.45) is 1.73. The van der Waals surface area contributed by atoms with Crippen LogP contribution in [-0.4, -0.2) is 43.4 Å². The average Bonchev–Trinajstić information content (AvgIpc) is 2.75. The van der Waals surface area contributed by atoms with E-state index in [0.717, 1.165) is 49.1 Å². The molecule has 0 amide bonds. The standard InChI is InChI=1S/C21H23N5O2/c1-27-19-9-5-3-7-17(19)24-21-22-11-10-20(25-21)23-16-6-2-4-8-18(16)26-12-14-28-15-13-26/h2-11H,12-15H2,1H3,(H2,22,23,24,25). The zero-order chi connectivity index (χ0) is 19.2. The fraction of sp³-hybridized carbons (Fsp3) is 0.238. The number of hydrogen-bond donors (Lipinski definition) is 2. The van der Waals surface area contributed by atoms with Gasteiger partial charge in [0.1, 0.15) is 11.6 Å². The molecule has 1 aromatic heterocycles. The number of anilines is 5. The van der Waals surface area contributed by atoms with Gasteiger partial charge in [-0.25, -0.2) is 4.98 Å². The van der Waals surface area contributed by atoms with Crippen molar-refractivity contribution in [1.82, 2.24) is 9.97 Å². The summed E-state index contributed by atoms with van der Waals surface area (Å²) >= 11 is 0. The van der Waals surface area contributed by atoms with E-state index in [0.29, 0.717) is 11.8 Å². The fourth-order valence-electron chi connectivity index (χ4n) is 3.15. The second-order valence-electron chi connectivity index (χ2n) is 6.33. The summed E-state index contributed by atoms with van der Waals surface area (Å²) in [5.41, 5.74) is 2.96. The van der Waals surface area contributed by atoms with Crippen molar-refractivity contribution in [2.24, 2.45) is 0 Å². The smallest absolute Gasteiger partial charge is 0.229 e. The van der Waals surface area contributed by atoms with Crippen LogP contribution in [0.4, 0.5) is 28.8 Å². The topological polar surface area (TPSA) is 71.5 Å². The molecule has 1 aliphatic rings. The minimum absolute atomic E-state index is 0.498. The van der Waals surface area contributed by atoms with Gasteiger partial charge >= 0.3 is 0 Å². The molecule has 1 saturated heterocycles. The monoisotopic (exact) mass is 377 g/mol. The van der Waals surface area contributed by atoms with E-state index in [4.69, 9.17) is 9.47 Å². The Kier molecular flexibility index (Phi) is 5.53. The summed E-state index contributed by atoms with van der Waals surface area (Å²) in [5, 5.41) is 6.63. The van der Waals surface area contributed by atoms with Crippen molar-refractivity contribution in [1.29, 1.82) is 0 Å².